The molecule has 0 spiro atoms. The van der Waals surface area contributed by atoms with Gasteiger partial charge in [-0.3, -0.25) is 4.79 Å². The second-order valence-electron chi connectivity index (χ2n) is 5.24. The van der Waals surface area contributed by atoms with Crippen LogP contribution in [0.25, 0.3) is 0 Å². The Balaban J connectivity index is 1.73. The summed E-state index contributed by atoms with van der Waals surface area (Å²) in [6.07, 6.45) is 2.63. The molecule has 1 aliphatic rings. The van der Waals surface area contributed by atoms with Crippen LogP contribution in [-0.4, -0.2) is 50.7 Å². The number of hydrogen-bond donors (Lipinski definition) is 1. The van der Waals surface area contributed by atoms with Gasteiger partial charge in [0.15, 0.2) is 0 Å². The summed E-state index contributed by atoms with van der Waals surface area (Å²) in [5.41, 5.74) is 0. The fourth-order valence-electron chi connectivity index (χ4n) is 2.53. The number of methoxy groups -OCH3 is 1. The third-order valence-corrected chi connectivity index (χ3v) is 3.83. The highest BCUT2D eigenvalue weighted by Gasteiger charge is 2.22. The Hall–Kier alpha value is -1.75. The van der Waals surface area contributed by atoms with Crippen LogP contribution < -0.4 is 14.8 Å². The summed E-state index contributed by atoms with van der Waals surface area (Å²) in [5, 5.41) is 3.24. The van der Waals surface area contributed by atoms with E-state index < -0.39 is 0 Å². The average molecular weight is 292 g/mol. The molecule has 1 unspecified atom stereocenters. The molecular weight excluding hydrogens is 268 g/mol. The van der Waals surface area contributed by atoms with E-state index in [0.29, 0.717) is 19.1 Å². The zero-order valence-electron chi connectivity index (χ0n) is 12.8. The molecule has 1 aliphatic heterocycles. The SMILES string of the molecule is CNC1CCCN(C(=O)CCOc2ccc(OC)cc2)C1. The molecule has 1 aromatic carbocycles. The molecule has 5 heteroatoms. The van der Waals surface area contributed by atoms with E-state index in [9.17, 15) is 4.79 Å². The number of ether oxygens (including phenoxy) is 2. The molecule has 5 nitrogen and oxygen atoms in total. The summed E-state index contributed by atoms with van der Waals surface area (Å²) in [6, 6.07) is 7.81. The van der Waals surface area contributed by atoms with E-state index in [-0.39, 0.29) is 5.91 Å². The number of likely N-dealkylation sites (tertiary alicyclic amines) is 1. The Kier molecular flexibility index (Phi) is 5.87. The Morgan fingerprint density at radius 1 is 1.33 bits per heavy atom. The van der Waals surface area contributed by atoms with E-state index in [1.807, 2.05) is 36.2 Å². The fourth-order valence-corrected chi connectivity index (χ4v) is 2.53. The summed E-state index contributed by atoms with van der Waals surface area (Å²) >= 11 is 0. The van der Waals surface area contributed by atoms with Crippen LogP contribution in [-0.2, 0) is 4.79 Å². The lowest BCUT2D eigenvalue weighted by atomic mass is 10.1. The Bertz CT molecular complexity index is 447. The maximum atomic E-state index is 12.1. The van der Waals surface area contributed by atoms with Crippen molar-refractivity contribution in [2.75, 3.05) is 33.9 Å². The number of nitrogens with one attached hydrogen (secondary N) is 1. The number of rotatable bonds is 6. The molecule has 1 heterocycles. The quantitative estimate of drug-likeness (QED) is 0.866. The lowest BCUT2D eigenvalue weighted by Crippen LogP contribution is -2.47. The van der Waals surface area contributed by atoms with Crippen molar-refractivity contribution in [2.45, 2.75) is 25.3 Å². The highest BCUT2D eigenvalue weighted by Crippen LogP contribution is 2.17. The minimum atomic E-state index is 0.170. The molecule has 0 aromatic heterocycles. The summed E-state index contributed by atoms with van der Waals surface area (Å²) in [4.78, 5) is 14.1. The lowest BCUT2D eigenvalue weighted by molar-refractivity contribution is -0.133. The first kappa shape index (κ1) is 15.6. The molecule has 0 radical (unpaired) electrons. The average Bonchev–Trinajstić information content (AvgIpc) is 2.55. The van der Waals surface area contributed by atoms with Gasteiger partial charge in [-0.05, 0) is 44.2 Å². The molecule has 1 fully saturated rings. The van der Waals surface area contributed by atoms with Crippen molar-refractivity contribution in [1.82, 2.24) is 10.2 Å². The van der Waals surface area contributed by atoms with Crippen LogP contribution in [0.1, 0.15) is 19.3 Å². The van der Waals surface area contributed by atoms with Gasteiger partial charge >= 0.3 is 0 Å². The molecule has 0 saturated carbocycles. The molecule has 1 saturated heterocycles. The van der Waals surface area contributed by atoms with Crippen LogP contribution in [0.5, 0.6) is 11.5 Å². The predicted octanol–water partition coefficient (Wildman–Crippen LogP) is 1.67. The number of amides is 1. The van der Waals surface area contributed by atoms with Gasteiger partial charge in [-0.15, -0.1) is 0 Å². The largest absolute Gasteiger partial charge is 0.497 e. The van der Waals surface area contributed by atoms with Gasteiger partial charge in [0.25, 0.3) is 0 Å². The van der Waals surface area contributed by atoms with Gasteiger partial charge in [0.05, 0.1) is 20.1 Å². The van der Waals surface area contributed by atoms with Gasteiger partial charge < -0.3 is 19.7 Å². The van der Waals surface area contributed by atoms with Crippen LogP contribution in [0.2, 0.25) is 0 Å². The second-order valence-corrected chi connectivity index (χ2v) is 5.24. The van der Waals surface area contributed by atoms with Gasteiger partial charge in [-0.2, -0.15) is 0 Å². The zero-order valence-corrected chi connectivity index (χ0v) is 12.8. The number of carbonyl (C=O) groups is 1. The maximum Gasteiger partial charge on any atom is 0.226 e. The molecule has 0 bridgehead atoms. The van der Waals surface area contributed by atoms with Gasteiger partial charge in [-0.25, -0.2) is 0 Å². The highest BCUT2D eigenvalue weighted by molar-refractivity contribution is 5.76. The van der Waals surface area contributed by atoms with Crippen LogP contribution in [0.4, 0.5) is 0 Å². The first-order valence-corrected chi connectivity index (χ1v) is 7.45. The predicted molar refractivity (Wildman–Crippen MR) is 81.8 cm³/mol. The topological polar surface area (TPSA) is 50.8 Å². The third-order valence-electron chi connectivity index (χ3n) is 3.83. The fraction of sp³-hybridized carbons (Fsp3) is 0.562. The summed E-state index contributed by atoms with van der Waals surface area (Å²) in [5.74, 6) is 1.73. The highest BCUT2D eigenvalue weighted by atomic mass is 16.5. The third kappa shape index (κ3) is 4.63. The lowest BCUT2D eigenvalue weighted by Gasteiger charge is -2.32. The molecule has 0 aliphatic carbocycles. The monoisotopic (exact) mass is 292 g/mol. The van der Waals surface area contributed by atoms with Gasteiger partial charge in [0, 0.05) is 19.1 Å². The van der Waals surface area contributed by atoms with Crippen molar-refractivity contribution >= 4 is 5.91 Å². The first-order valence-electron chi connectivity index (χ1n) is 7.45. The van der Waals surface area contributed by atoms with E-state index >= 15 is 0 Å². The Labute approximate surface area is 126 Å². The normalized spacial score (nSPS) is 18.4. The number of piperidine rings is 1. The molecule has 1 atom stereocenters. The molecule has 21 heavy (non-hydrogen) atoms. The number of hydrogen-bond acceptors (Lipinski definition) is 4. The molecular formula is C16H24N2O3. The Morgan fingerprint density at radius 2 is 2.05 bits per heavy atom. The molecule has 1 amide bonds. The van der Waals surface area contributed by atoms with Crippen LogP contribution >= 0.6 is 0 Å². The van der Waals surface area contributed by atoms with E-state index in [0.717, 1.165) is 37.4 Å². The van der Waals surface area contributed by atoms with Crippen LogP contribution in [0, 0.1) is 0 Å². The second kappa shape index (κ2) is 7.88. The summed E-state index contributed by atoms with van der Waals surface area (Å²) in [6.45, 7) is 2.07. The van der Waals surface area contributed by atoms with Crippen molar-refractivity contribution in [3.8, 4) is 11.5 Å². The van der Waals surface area contributed by atoms with E-state index in [1.54, 1.807) is 7.11 Å². The number of nitrogens with zero attached hydrogens (tertiary/aromatic N) is 1. The minimum Gasteiger partial charge on any atom is -0.497 e. The summed E-state index contributed by atoms with van der Waals surface area (Å²) < 4.78 is 10.7. The van der Waals surface area contributed by atoms with E-state index in [4.69, 9.17) is 9.47 Å². The van der Waals surface area contributed by atoms with Crippen molar-refractivity contribution < 1.29 is 14.3 Å². The first-order chi connectivity index (χ1) is 10.2. The standard InChI is InChI=1S/C16H24N2O3/c1-17-13-4-3-10-18(12-13)16(19)9-11-21-15-7-5-14(20-2)6-8-15/h5-8,13,17H,3-4,9-12H2,1-2H3. The van der Waals surface area contributed by atoms with Crippen LogP contribution in [0.15, 0.2) is 24.3 Å². The summed E-state index contributed by atoms with van der Waals surface area (Å²) in [7, 11) is 3.58. The van der Waals surface area contributed by atoms with E-state index in [2.05, 4.69) is 5.32 Å². The number of benzene rings is 1. The number of carbonyl (C=O) groups excluding carboxylic acids is 1. The minimum absolute atomic E-state index is 0.170. The molecule has 2 rings (SSSR count). The number of likely N-dealkylation sites (N-methyl/N-ethyl adjacent to an activating group) is 1. The van der Waals surface area contributed by atoms with Crippen molar-refractivity contribution in [3.63, 3.8) is 0 Å². The van der Waals surface area contributed by atoms with Crippen LogP contribution in [0.3, 0.4) is 0 Å². The van der Waals surface area contributed by atoms with Crippen molar-refractivity contribution in [3.05, 3.63) is 24.3 Å². The van der Waals surface area contributed by atoms with E-state index in [1.165, 1.54) is 0 Å². The molecule has 1 aromatic rings. The Morgan fingerprint density at radius 3 is 2.71 bits per heavy atom. The molecule has 1 N–H and O–H groups in total. The van der Waals surface area contributed by atoms with Crippen molar-refractivity contribution in [2.24, 2.45) is 0 Å². The molecule has 116 valence electrons. The maximum absolute atomic E-state index is 12.1. The van der Waals surface area contributed by atoms with Gasteiger partial charge in [-0.1, -0.05) is 0 Å². The van der Waals surface area contributed by atoms with Gasteiger partial charge in [0.1, 0.15) is 11.5 Å². The smallest absolute Gasteiger partial charge is 0.226 e. The van der Waals surface area contributed by atoms with Crippen molar-refractivity contribution in [1.29, 1.82) is 0 Å². The zero-order chi connectivity index (χ0) is 15.1. The van der Waals surface area contributed by atoms with Gasteiger partial charge in [0.2, 0.25) is 5.91 Å².